The number of methoxy groups -OCH3 is 1. The molecule has 0 amide bonds. The molecule has 0 aromatic heterocycles. The van der Waals surface area contributed by atoms with Gasteiger partial charge in [0.25, 0.3) is 0 Å². The topological polar surface area (TPSA) is 40.1 Å². The van der Waals surface area contributed by atoms with Crippen molar-refractivity contribution in [1.82, 2.24) is 15.1 Å². The van der Waals surface area contributed by atoms with E-state index < -0.39 is 0 Å². The number of rotatable bonds is 8. The van der Waals surface area contributed by atoms with Gasteiger partial charge in [-0.05, 0) is 25.5 Å². The molecule has 0 aliphatic heterocycles. The predicted molar refractivity (Wildman–Crippen MR) is 96.1 cm³/mol. The van der Waals surface area contributed by atoms with Crippen LogP contribution in [0.3, 0.4) is 0 Å². The van der Waals surface area contributed by atoms with Gasteiger partial charge in [0.2, 0.25) is 0 Å². The van der Waals surface area contributed by atoms with Crippen LogP contribution in [0.5, 0.6) is 5.75 Å². The van der Waals surface area contributed by atoms with Crippen molar-refractivity contribution < 1.29 is 4.74 Å². The zero-order valence-corrected chi connectivity index (χ0v) is 14.9. The van der Waals surface area contributed by atoms with E-state index in [-0.39, 0.29) is 0 Å². The lowest BCUT2D eigenvalue weighted by Crippen LogP contribution is -2.42. The normalized spacial score (nSPS) is 14.9. The maximum Gasteiger partial charge on any atom is 0.193 e. The summed E-state index contributed by atoms with van der Waals surface area (Å²) in [6.07, 6.45) is 2.71. The van der Waals surface area contributed by atoms with Crippen LogP contribution >= 0.6 is 0 Å². The van der Waals surface area contributed by atoms with Crippen LogP contribution in [0.1, 0.15) is 25.3 Å². The number of nitrogens with one attached hydrogen (secondary N) is 1. The first kappa shape index (κ1) is 17.6. The van der Waals surface area contributed by atoms with Crippen LogP contribution in [0, 0.1) is 0 Å². The number of hydrogen-bond donors (Lipinski definition) is 1. The fourth-order valence-electron chi connectivity index (χ4n) is 2.90. The molecule has 0 heterocycles. The molecule has 1 fully saturated rings. The van der Waals surface area contributed by atoms with Crippen LogP contribution < -0.4 is 10.1 Å². The van der Waals surface area contributed by atoms with E-state index in [1.807, 2.05) is 25.2 Å². The monoisotopic (exact) mass is 318 g/mol. The molecule has 0 saturated heterocycles. The van der Waals surface area contributed by atoms with Gasteiger partial charge in [0.1, 0.15) is 5.75 Å². The van der Waals surface area contributed by atoms with Gasteiger partial charge in [0.15, 0.2) is 5.96 Å². The number of guanidine groups is 1. The van der Waals surface area contributed by atoms with Crippen molar-refractivity contribution in [2.45, 2.75) is 32.4 Å². The molecule has 1 saturated carbocycles. The first-order valence-corrected chi connectivity index (χ1v) is 8.47. The second-order valence-electron chi connectivity index (χ2n) is 6.00. The summed E-state index contributed by atoms with van der Waals surface area (Å²) < 4.78 is 5.43. The minimum absolute atomic E-state index is 0.768. The lowest BCUT2D eigenvalue weighted by molar-refractivity contribution is 0.280. The summed E-state index contributed by atoms with van der Waals surface area (Å²) in [7, 11) is 5.60. The molecule has 5 nitrogen and oxygen atoms in total. The molecule has 0 bridgehead atoms. The van der Waals surface area contributed by atoms with E-state index >= 15 is 0 Å². The fraction of sp³-hybridized carbons (Fsp3) is 0.611. The molecule has 1 aromatic carbocycles. The van der Waals surface area contributed by atoms with Gasteiger partial charge in [-0.15, -0.1) is 0 Å². The zero-order valence-electron chi connectivity index (χ0n) is 14.9. The molecule has 1 aliphatic carbocycles. The van der Waals surface area contributed by atoms with Crippen LogP contribution in [0.25, 0.3) is 0 Å². The molecule has 128 valence electrons. The van der Waals surface area contributed by atoms with Crippen molar-refractivity contribution in [3.05, 3.63) is 29.8 Å². The molecule has 0 spiro atoms. The summed E-state index contributed by atoms with van der Waals surface area (Å²) >= 11 is 0. The van der Waals surface area contributed by atoms with E-state index in [2.05, 4.69) is 40.1 Å². The lowest BCUT2D eigenvalue weighted by atomic mass is 10.2. The lowest BCUT2D eigenvalue weighted by Gasteiger charge is -2.25. The Kier molecular flexibility index (Phi) is 6.71. The van der Waals surface area contributed by atoms with Gasteiger partial charge in [-0.3, -0.25) is 9.89 Å². The van der Waals surface area contributed by atoms with E-state index in [0.717, 1.165) is 49.5 Å². The molecule has 0 unspecified atom stereocenters. The van der Waals surface area contributed by atoms with Crippen LogP contribution in [-0.4, -0.2) is 62.6 Å². The van der Waals surface area contributed by atoms with Gasteiger partial charge in [-0.1, -0.05) is 25.1 Å². The van der Waals surface area contributed by atoms with Crippen molar-refractivity contribution in [2.24, 2.45) is 4.99 Å². The van der Waals surface area contributed by atoms with Crippen LogP contribution in [0.15, 0.2) is 29.3 Å². The fourth-order valence-corrected chi connectivity index (χ4v) is 2.90. The van der Waals surface area contributed by atoms with Crippen molar-refractivity contribution in [3.63, 3.8) is 0 Å². The van der Waals surface area contributed by atoms with Crippen molar-refractivity contribution in [1.29, 1.82) is 0 Å². The smallest absolute Gasteiger partial charge is 0.193 e. The van der Waals surface area contributed by atoms with E-state index in [1.165, 1.54) is 12.8 Å². The van der Waals surface area contributed by atoms with Crippen LogP contribution in [0.4, 0.5) is 0 Å². The van der Waals surface area contributed by atoms with E-state index in [1.54, 1.807) is 7.11 Å². The molecule has 1 aliphatic rings. The summed E-state index contributed by atoms with van der Waals surface area (Å²) in [4.78, 5) is 9.07. The van der Waals surface area contributed by atoms with E-state index in [4.69, 9.17) is 4.74 Å². The molecular formula is C18H30N4O. The van der Waals surface area contributed by atoms with Crippen molar-refractivity contribution in [3.8, 4) is 5.75 Å². The average molecular weight is 318 g/mol. The summed E-state index contributed by atoms with van der Waals surface area (Å²) in [5, 5.41) is 3.47. The van der Waals surface area contributed by atoms with E-state index in [9.17, 15) is 0 Å². The number of benzene rings is 1. The second-order valence-corrected chi connectivity index (χ2v) is 6.00. The maximum atomic E-state index is 5.43. The number of hydrogen-bond acceptors (Lipinski definition) is 3. The van der Waals surface area contributed by atoms with Crippen molar-refractivity contribution in [2.75, 3.05) is 40.8 Å². The Bertz CT molecular complexity index is 513. The third-order valence-corrected chi connectivity index (χ3v) is 4.32. The molecule has 23 heavy (non-hydrogen) atoms. The molecule has 0 radical (unpaired) electrons. The van der Waals surface area contributed by atoms with Gasteiger partial charge in [0, 0.05) is 45.3 Å². The summed E-state index contributed by atoms with van der Waals surface area (Å²) in [5.74, 6) is 1.84. The van der Waals surface area contributed by atoms with Crippen LogP contribution in [0.2, 0.25) is 0 Å². The summed E-state index contributed by atoms with van der Waals surface area (Å²) in [6, 6.07) is 8.93. The maximum absolute atomic E-state index is 5.43. The second kappa shape index (κ2) is 8.77. The highest BCUT2D eigenvalue weighted by Gasteiger charge is 2.27. The highest BCUT2D eigenvalue weighted by Crippen LogP contribution is 2.25. The third-order valence-electron chi connectivity index (χ3n) is 4.32. The molecule has 5 heteroatoms. The summed E-state index contributed by atoms with van der Waals surface area (Å²) in [6.45, 7) is 6.13. The number of ether oxygens (including phenoxy) is 1. The Morgan fingerprint density at radius 2 is 2.09 bits per heavy atom. The predicted octanol–water partition coefficient (Wildman–Crippen LogP) is 2.19. The Morgan fingerprint density at radius 3 is 2.70 bits per heavy atom. The molecule has 1 aromatic rings. The van der Waals surface area contributed by atoms with Crippen molar-refractivity contribution >= 4 is 5.96 Å². The Hall–Kier alpha value is -1.75. The van der Waals surface area contributed by atoms with Gasteiger partial charge in [0.05, 0.1) is 7.11 Å². The SMILES string of the molecule is CCN(CCNC(=NC)N(C)Cc1ccccc1OC)C1CC1. The van der Waals surface area contributed by atoms with Gasteiger partial charge < -0.3 is 15.0 Å². The molecule has 1 N–H and O–H groups in total. The average Bonchev–Trinajstić information content (AvgIpc) is 3.40. The Labute approximate surface area is 140 Å². The first-order valence-electron chi connectivity index (χ1n) is 8.47. The molecule has 0 atom stereocenters. The standard InChI is InChI=1S/C18H30N4O/c1-5-22(16-10-11-16)13-12-20-18(19-2)21(3)14-15-8-6-7-9-17(15)23-4/h6-9,16H,5,10-14H2,1-4H3,(H,19,20). The number of nitrogens with zero attached hydrogens (tertiary/aromatic N) is 3. The van der Waals surface area contributed by atoms with Gasteiger partial charge in [-0.2, -0.15) is 0 Å². The Morgan fingerprint density at radius 1 is 1.35 bits per heavy atom. The summed E-state index contributed by atoms with van der Waals surface area (Å²) in [5.41, 5.74) is 1.16. The van der Waals surface area contributed by atoms with Crippen LogP contribution in [-0.2, 0) is 6.54 Å². The number of aliphatic imine (C=N–C) groups is 1. The quantitative estimate of drug-likeness (QED) is 0.589. The minimum Gasteiger partial charge on any atom is -0.496 e. The van der Waals surface area contributed by atoms with E-state index in [0.29, 0.717) is 0 Å². The van der Waals surface area contributed by atoms with Gasteiger partial charge >= 0.3 is 0 Å². The largest absolute Gasteiger partial charge is 0.496 e. The first-order chi connectivity index (χ1) is 11.2. The highest BCUT2D eigenvalue weighted by molar-refractivity contribution is 5.79. The molecular weight excluding hydrogens is 288 g/mol. The Balaban J connectivity index is 1.84. The van der Waals surface area contributed by atoms with Gasteiger partial charge in [-0.25, -0.2) is 0 Å². The highest BCUT2D eigenvalue weighted by atomic mass is 16.5. The third kappa shape index (κ3) is 5.13. The molecule has 2 rings (SSSR count). The number of likely N-dealkylation sites (N-methyl/N-ethyl adjacent to an activating group) is 1. The minimum atomic E-state index is 0.768. The number of para-hydroxylation sites is 1. The zero-order chi connectivity index (χ0) is 16.7.